The van der Waals surface area contributed by atoms with E-state index in [2.05, 4.69) is 49.6 Å². The molecule has 3 nitrogen and oxygen atoms in total. The fourth-order valence-electron chi connectivity index (χ4n) is 3.28. The van der Waals surface area contributed by atoms with Crippen molar-refractivity contribution < 1.29 is 4.74 Å². The summed E-state index contributed by atoms with van der Waals surface area (Å²) in [5.74, 6) is 5.89. The van der Waals surface area contributed by atoms with Gasteiger partial charge in [0.15, 0.2) is 0 Å². The van der Waals surface area contributed by atoms with Crippen LogP contribution in [0.25, 0.3) is 0 Å². The maximum Gasteiger partial charge on any atom is 0.0623 e. The Kier molecular flexibility index (Phi) is 4.84. The predicted octanol–water partition coefficient (Wildman–Crippen LogP) is 3.15. The second-order valence-electron chi connectivity index (χ2n) is 6.60. The van der Waals surface area contributed by atoms with Crippen LogP contribution in [0.4, 0.5) is 0 Å². The Balaban J connectivity index is 2.12. The molecule has 0 bridgehead atoms. The van der Waals surface area contributed by atoms with Crippen LogP contribution in [0.5, 0.6) is 0 Å². The van der Waals surface area contributed by atoms with Gasteiger partial charge in [-0.1, -0.05) is 36.8 Å². The molecule has 2 rings (SSSR count). The fraction of sp³-hybridized carbons (Fsp3) is 0.647. The number of hydrogen-bond acceptors (Lipinski definition) is 3. The summed E-state index contributed by atoms with van der Waals surface area (Å²) < 4.78 is 5.53. The lowest BCUT2D eigenvalue weighted by atomic mass is 9.59. The third-order valence-corrected chi connectivity index (χ3v) is 5.05. The number of hydrogen-bond donors (Lipinski definition) is 2. The second kappa shape index (κ2) is 6.25. The number of nitrogens with two attached hydrogens (primary N) is 1. The van der Waals surface area contributed by atoms with Gasteiger partial charge in [-0.3, -0.25) is 11.3 Å². The number of rotatable bonds is 7. The molecule has 0 spiro atoms. The zero-order valence-corrected chi connectivity index (χ0v) is 13.0. The standard InChI is InChI=1S/C17H28N2O/c1-16(2,20-3)13-10-15(19-18)17(11-7-12-17)14-8-5-4-6-9-14/h4-6,8-9,15,19H,7,10-13,18H2,1-3H3. The Morgan fingerprint density at radius 3 is 2.40 bits per heavy atom. The summed E-state index contributed by atoms with van der Waals surface area (Å²) in [6.45, 7) is 4.27. The normalized spacial score (nSPS) is 19.4. The molecule has 1 aliphatic rings. The summed E-state index contributed by atoms with van der Waals surface area (Å²) in [7, 11) is 1.78. The molecular weight excluding hydrogens is 248 g/mol. The van der Waals surface area contributed by atoms with Gasteiger partial charge in [0.1, 0.15) is 0 Å². The topological polar surface area (TPSA) is 47.3 Å². The van der Waals surface area contributed by atoms with Crippen molar-refractivity contribution in [1.29, 1.82) is 0 Å². The van der Waals surface area contributed by atoms with Gasteiger partial charge in [0.25, 0.3) is 0 Å². The molecule has 0 heterocycles. The van der Waals surface area contributed by atoms with Crippen LogP contribution in [0.15, 0.2) is 30.3 Å². The Morgan fingerprint density at radius 2 is 1.95 bits per heavy atom. The second-order valence-corrected chi connectivity index (χ2v) is 6.60. The number of methoxy groups -OCH3 is 1. The summed E-state index contributed by atoms with van der Waals surface area (Å²) in [5.41, 5.74) is 4.63. The molecule has 1 atom stereocenters. The first-order valence-corrected chi connectivity index (χ1v) is 7.61. The Bertz CT molecular complexity index is 412. The monoisotopic (exact) mass is 276 g/mol. The quantitative estimate of drug-likeness (QED) is 0.594. The van der Waals surface area contributed by atoms with E-state index in [4.69, 9.17) is 10.6 Å². The SMILES string of the molecule is COC(C)(C)CCC(NN)C1(c2ccccc2)CCC1. The molecule has 20 heavy (non-hydrogen) atoms. The molecule has 3 heteroatoms. The first-order chi connectivity index (χ1) is 9.54. The van der Waals surface area contributed by atoms with Crippen LogP contribution in [0.3, 0.4) is 0 Å². The summed E-state index contributed by atoms with van der Waals surface area (Å²) in [6.07, 6.45) is 5.78. The van der Waals surface area contributed by atoms with Gasteiger partial charge in [-0.15, -0.1) is 0 Å². The van der Waals surface area contributed by atoms with E-state index in [0.29, 0.717) is 6.04 Å². The summed E-state index contributed by atoms with van der Waals surface area (Å²) >= 11 is 0. The lowest BCUT2D eigenvalue weighted by Gasteiger charge is -2.48. The average molecular weight is 276 g/mol. The molecule has 3 N–H and O–H groups in total. The van der Waals surface area contributed by atoms with Crippen LogP contribution in [0, 0.1) is 0 Å². The van der Waals surface area contributed by atoms with Crippen molar-refractivity contribution in [2.45, 2.75) is 63.0 Å². The summed E-state index contributed by atoms with van der Waals surface area (Å²) in [6, 6.07) is 11.1. The molecule has 0 radical (unpaired) electrons. The highest BCUT2D eigenvalue weighted by Crippen LogP contribution is 2.47. The van der Waals surface area contributed by atoms with Gasteiger partial charge in [-0.2, -0.15) is 0 Å². The van der Waals surface area contributed by atoms with Crippen LogP contribution in [0.2, 0.25) is 0 Å². The number of benzene rings is 1. The van der Waals surface area contributed by atoms with Crippen LogP contribution < -0.4 is 11.3 Å². The Hall–Kier alpha value is -0.900. The van der Waals surface area contributed by atoms with Crippen LogP contribution in [-0.2, 0) is 10.2 Å². The van der Waals surface area contributed by atoms with Gasteiger partial charge in [-0.05, 0) is 45.1 Å². The van der Waals surface area contributed by atoms with Crippen LogP contribution in [-0.4, -0.2) is 18.8 Å². The lowest BCUT2D eigenvalue weighted by Crippen LogP contribution is -2.55. The minimum atomic E-state index is -0.0866. The van der Waals surface area contributed by atoms with E-state index >= 15 is 0 Å². The Labute approximate surface area is 122 Å². The van der Waals surface area contributed by atoms with Gasteiger partial charge in [-0.25, -0.2) is 0 Å². The predicted molar refractivity (Wildman–Crippen MR) is 83.4 cm³/mol. The molecule has 1 unspecified atom stereocenters. The molecule has 0 saturated heterocycles. The van der Waals surface area contributed by atoms with Gasteiger partial charge in [0.05, 0.1) is 5.60 Å². The third-order valence-electron chi connectivity index (χ3n) is 5.05. The van der Waals surface area contributed by atoms with Crippen LogP contribution >= 0.6 is 0 Å². The molecule has 1 aromatic carbocycles. The highest BCUT2D eigenvalue weighted by atomic mass is 16.5. The van der Waals surface area contributed by atoms with Crippen molar-refractivity contribution in [1.82, 2.24) is 5.43 Å². The Morgan fingerprint density at radius 1 is 1.30 bits per heavy atom. The summed E-state index contributed by atoms with van der Waals surface area (Å²) in [4.78, 5) is 0. The van der Waals surface area contributed by atoms with Crippen LogP contribution in [0.1, 0.15) is 51.5 Å². The maximum absolute atomic E-state index is 5.89. The zero-order valence-electron chi connectivity index (χ0n) is 13.0. The van der Waals surface area contributed by atoms with E-state index in [1.54, 1.807) is 7.11 Å². The molecule has 0 aromatic heterocycles. The molecule has 1 fully saturated rings. The van der Waals surface area contributed by atoms with Crippen molar-refractivity contribution in [2.24, 2.45) is 5.84 Å². The van der Waals surface area contributed by atoms with Crippen molar-refractivity contribution >= 4 is 0 Å². The van der Waals surface area contributed by atoms with Crippen molar-refractivity contribution in [3.63, 3.8) is 0 Å². The van der Waals surface area contributed by atoms with E-state index in [0.717, 1.165) is 12.8 Å². The molecule has 1 saturated carbocycles. The van der Waals surface area contributed by atoms with E-state index in [1.807, 2.05) is 0 Å². The van der Waals surface area contributed by atoms with E-state index in [9.17, 15) is 0 Å². The molecule has 0 aliphatic heterocycles. The maximum atomic E-state index is 5.89. The molecular formula is C17H28N2O. The highest BCUT2D eigenvalue weighted by molar-refractivity contribution is 5.30. The first kappa shape index (κ1) is 15.5. The average Bonchev–Trinajstić information content (AvgIpc) is 2.42. The van der Waals surface area contributed by atoms with Gasteiger partial charge < -0.3 is 4.74 Å². The van der Waals surface area contributed by atoms with Crippen molar-refractivity contribution in [2.75, 3.05) is 7.11 Å². The highest BCUT2D eigenvalue weighted by Gasteiger charge is 2.45. The number of hydrazine groups is 1. The summed E-state index contributed by atoms with van der Waals surface area (Å²) in [5, 5.41) is 0. The van der Waals surface area contributed by atoms with Crippen molar-refractivity contribution in [3.8, 4) is 0 Å². The lowest BCUT2D eigenvalue weighted by molar-refractivity contribution is 0.00677. The van der Waals surface area contributed by atoms with Gasteiger partial charge >= 0.3 is 0 Å². The smallest absolute Gasteiger partial charge is 0.0623 e. The fourth-order valence-corrected chi connectivity index (χ4v) is 3.28. The third kappa shape index (κ3) is 3.05. The van der Waals surface area contributed by atoms with E-state index < -0.39 is 0 Å². The first-order valence-electron chi connectivity index (χ1n) is 7.61. The molecule has 112 valence electrons. The largest absolute Gasteiger partial charge is 0.379 e. The number of nitrogens with one attached hydrogen (secondary N) is 1. The van der Waals surface area contributed by atoms with Gasteiger partial charge in [0, 0.05) is 18.6 Å². The molecule has 1 aromatic rings. The van der Waals surface area contributed by atoms with Crippen molar-refractivity contribution in [3.05, 3.63) is 35.9 Å². The zero-order chi connectivity index (χ0) is 14.6. The van der Waals surface area contributed by atoms with E-state index in [-0.39, 0.29) is 11.0 Å². The molecule has 0 amide bonds. The molecule has 1 aliphatic carbocycles. The van der Waals surface area contributed by atoms with Gasteiger partial charge in [0.2, 0.25) is 0 Å². The minimum absolute atomic E-state index is 0.0866. The van der Waals surface area contributed by atoms with E-state index in [1.165, 1.54) is 24.8 Å². The minimum Gasteiger partial charge on any atom is -0.379 e. The number of ether oxygens (including phenoxy) is 1.